The van der Waals surface area contributed by atoms with Gasteiger partial charge in [0, 0.05) is 24.0 Å². The molecule has 0 N–H and O–H groups in total. The van der Waals surface area contributed by atoms with Crippen LogP contribution in [0.25, 0.3) is 0 Å². The highest BCUT2D eigenvalue weighted by Gasteiger charge is 1.97. The molecule has 1 aromatic carbocycles. The Hall–Kier alpha value is -1.98. The van der Waals surface area contributed by atoms with E-state index in [-0.39, 0.29) is 0 Å². The minimum atomic E-state index is 0.651. The summed E-state index contributed by atoms with van der Waals surface area (Å²) >= 11 is 5.85. The Morgan fingerprint density at radius 3 is 2.61 bits per heavy atom. The fraction of sp³-hybridized carbons (Fsp3) is 0.133. The van der Waals surface area contributed by atoms with Gasteiger partial charge in [-0.05, 0) is 42.3 Å². The number of hydrogen-bond acceptors (Lipinski definition) is 2. The Kier molecular flexibility index (Phi) is 4.22. The van der Waals surface area contributed by atoms with Crippen LogP contribution in [-0.4, -0.2) is 18.6 Å². The van der Waals surface area contributed by atoms with E-state index >= 15 is 0 Å². The van der Waals surface area contributed by atoms with Gasteiger partial charge in [-0.2, -0.15) is 0 Å². The van der Waals surface area contributed by atoms with Crippen molar-refractivity contribution in [3.63, 3.8) is 0 Å². The molecule has 0 amide bonds. The van der Waals surface area contributed by atoms with Gasteiger partial charge in [-0.15, -0.1) is 0 Å². The molecule has 0 aliphatic heterocycles. The maximum absolute atomic E-state index is 5.85. The maximum atomic E-state index is 5.85. The molecular weight excluding hydrogens is 244 g/mol. The highest BCUT2D eigenvalue weighted by Crippen LogP contribution is 2.16. The first kappa shape index (κ1) is 12.5. The molecule has 18 heavy (non-hydrogen) atoms. The summed E-state index contributed by atoms with van der Waals surface area (Å²) in [6, 6.07) is 13.4. The van der Waals surface area contributed by atoms with Crippen molar-refractivity contribution >= 4 is 17.3 Å². The van der Waals surface area contributed by atoms with Gasteiger partial charge in [0.2, 0.25) is 0 Å². The number of halogens is 1. The van der Waals surface area contributed by atoms with Gasteiger partial charge in [0.25, 0.3) is 0 Å². The lowest BCUT2D eigenvalue weighted by Crippen LogP contribution is -2.16. The van der Waals surface area contributed by atoms with E-state index in [0.717, 1.165) is 16.4 Å². The minimum absolute atomic E-state index is 0.651. The van der Waals surface area contributed by atoms with E-state index in [0.29, 0.717) is 6.54 Å². The van der Waals surface area contributed by atoms with E-state index in [2.05, 4.69) is 21.7 Å². The van der Waals surface area contributed by atoms with E-state index in [4.69, 9.17) is 11.6 Å². The van der Waals surface area contributed by atoms with Crippen molar-refractivity contribution in [2.24, 2.45) is 0 Å². The van der Waals surface area contributed by atoms with Gasteiger partial charge in [0.05, 0.1) is 6.54 Å². The van der Waals surface area contributed by atoms with E-state index in [1.54, 1.807) is 6.20 Å². The molecule has 2 nitrogen and oxygen atoms in total. The molecule has 2 aromatic rings. The molecule has 0 saturated heterocycles. The number of hydrogen-bond donors (Lipinski definition) is 0. The molecule has 1 aromatic heterocycles. The van der Waals surface area contributed by atoms with Crippen LogP contribution in [0.2, 0.25) is 5.02 Å². The van der Waals surface area contributed by atoms with Crippen molar-refractivity contribution in [3.05, 3.63) is 59.4 Å². The SMILES string of the molecule is CN(CC#Cc1ccccn1)c1ccc(Cl)cc1. The van der Waals surface area contributed by atoms with Crippen molar-refractivity contribution < 1.29 is 0 Å². The summed E-state index contributed by atoms with van der Waals surface area (Å²) in [5, 5.41) is 0.742. The zero-order valence-corrected chi connectivity index (χ0v) is 10.9. The van der Waals surface area contributed by atoms with Gasteiger partial charge in [-0.1, -0.05) is 23.6 Å². The number of aromatic nitrogens is 1. The van der Waals surface area contributed by atoms with Crippen LogP contribution in [0.4, 0.5) is 5.69 Å². The van der Waals surface area contributed by atoms with E-state index < -0.39 is 0 Å². The molecule has 90 valence electrons. The van der Waals surface area contributed by atoms with Crippen molar-refractivity contribution in [2.75, 3.05) is 18.5 Å². The highest BCUT2D eigenvalue weighted by molar-refractivity contribution is 6.30. The van der Waals surface area contributed by atoms with Gasteiger partial charge in [-0.25, -0.2) is 4.98 Å². The van der Waals surface area contributed by atoms with E-state index in [9.17, 15) is 0 Å². The number of anilines is 1. The quantitative estimate of drug-likeness (QED) is 0.767. The lowest BCUT2D eigenvalue weighted by molar-refractivity contribution is 1.05. The molecule has 0 unspecified atom stereocenters. The molecular formula is C15H13ClN2. The second-order valence-electron chi connectivity index (χ2n) is 3.85. The van der Waals surface area contributed by atoms with Gasteiger partial charge in [0.1, 0.15) is 5.69 Å². The molecule has 1 heterocycles. The average molecular weight is 257 g/mol. The predicted octanol–water partition coefficient (Wildman–Crippen LogP) is 3.22. The highest BCUT2D eigenvalue weighted by atomic mass is 35.5. The predicted molar refractivity (Wildman–Crippen MR) is 75.8 cm³/mol. The van der Waals surface area contributed by atoms with Crippen LogP contribution >= 0.6 is 11.6 Å². The standard InChI is InChI=1S/C15H13ClN2/c1-18(15-9-7-13(16)8-10-15)12-4-6-14-5-2-3-11-17-14/h2-3,5,7-11H,12H2,1H3. The molecule has 0 atom stereocenters. The topological polar surface area (TPSA) is 16.1 Å². The first-order valence-corrected chi connectivity index (χ1v) is 6.00. The number of benzene rings is 1. The first-order chi connectivity index (χ1) is 8.75. The average Bonchev–Trinajstić information content (AvgIpc) is 2.40. The summed E-state index contributed by atoms with van der Waals surface area (Å²) in [5.74, 6) is 6.12. The molecule has 0 bridgehead atoms. The van der Waals surface area contributed by atoms with Crippen LogP contribution in [0.15, 0.2) is 48.7 Å². The lowest BCUT2D eigenvalue weighted by atomic mass is 10.3. The smallest absolute Gasteiger partial charge is 0.113 e. The molecule has 2 rings (SSSR count). The van der Waals surface area contributed by atoms with Crippen LogP contribution in [0, 0.1) is 11.8 Å². The first-order valence-electron chi connectivity index (χ1n) is 5.62. The third kappa shape index (κ3) is 3.51. The Morgan fingerprint density at radius 1 is 1.17 bits per heavy atom. The Labute approximate surface area is 112 Å². The summed E-state index contributed by atoms with van der Waals surface area (Å²) in [4.78, 5) is 6.21. The molecule has 0 aliphatic rings. The lowest BCUT2D eigenvalue weighted by Gasteiger charge is -2.15. The third-order valence-corrected chi connectivity index (χ3v) is 2.72. The maximum Gasteiger partial charge on any atom is 0.113 e. The van der Waals surface area contributed by atoms with Crippen LogP contribution in [-0.2, 0) is 0 Å². The Bertz CT molecular complexity index is 553. The van der Waals surface area contributed by atoms with Gasteiger partial charge in [-0.3, -0.25) is 0 Å². The second-order valence-corrected chi connectivity index (χ2v) is 4.29. The van der Waals surface area contributed by atoms with Crippen molar-refractivity contribution in [2.45, 2.75) is 0 Å². The molecule has 0 fully saturated rings. The van der Waals surface area contributed by atoms with Gasteiger partial charge >= 0.3 is 0 Å². The molecule has 3 heteroatoms. The van der Waals surface area contributed by atoms with Gasteiger partial charge in [0.15, 0.2) is 0 Å². The normalized spacial score (nSPS) is 9.44. The van der Waals surface area contributed by atoms with Gasteiger partial charge < -0.3 is 4.90 Å². The molecule has 0 radical (unpaired) electrons. The number of pyridine rings is 1. The summed E-state index contributed by atoms with van der Waals surface area (Å²) in [7, 11) is 2.00. The number of rotatable bonds is 2. The minimum Gasteiger partial charge on any atom is -0.363 e. The third-order valence-electron chi connectivity index (χ3n) is 2.46. The molecule has 0 saturated carbocycles. The second kappa shape index (κ2) is 6.09. The van der Waals surface area contributed by atoms with Crippen LogP contribution in [0.3, 0.4) is 0 Å². The molecule has 0 spiro atoms. The fourth-order valence-electron chi connectivity index (χ4n) is 1.47. The molecule has 0 aliphatic carbocycles. The summed E-state index contributed by atoms with van der Waals surface area (Å²) in [6.07, 6.45) is 1.74. The Balaban J connectivity index is 1.98. The monoisotopic (exact) mass is 256 g/mol. The summed E-state index contributed by atoms with van der Waals surface area (Å²) in [6.45, 7) is 0.651. The Morgan fingerprint density at radius 2 is 1.94 bits per heavy atom. The van der Waals surface area contributed by atoms with Crippen molar-refractivity contribution in [3.8, 4) is 11.8 Å². The van der Waals surface area contributed by atoms with E-state index in [1.807, 2.05) is 49.5 Å². The number of nitrogens with zero attached hydrogens (tertiary/aromatic N) is 2. The zero-order valence-electron chi connectivity index (χ0n) is 10.1. The van der Waals surface area contributed by atoms with Crippen LogP contribution < -0.4 is 4.90 Å². The van der Waals surface area contributed by atoms with Crippen LogP contribution in [0.5, 0.6) is 0 Å². The van der Waals surface area contributed by atoms with E-state index in [1.165, 1.54) is 0 Å². The summed E-state index contributed by atoms with van der Waals surface area (Å²) in [5.41, 5.74) is 1.89. The largest absolute Gasteiger partial charge is 0.363 e. The van der Waals surface area contributed by atoms with Crippen molar-refractivity contribution in [1.29, 1.82) is 0 Å². The van der Waals surface area contributed by atoms with Crippen LogP contribution in [0.1, 0.15) is 5.69 Å². The summed E-state index contributed by atoms with van der Waals surface area (Å²) < 4.78 is 0. The van der Waals surface area contributed by atoms with Crippen molar-refractivity contribution in [1.82, 2.24) is 4.98 Å². The fourth-order valence-corrected chi connectivity index (χ4v) is 1.60. The zero-order chi connectivity index (χ0) is 12.8.